The van der Waals surface area contributed by atoms with Crippen LogP contribution >= 0.6 is 0 Å². The maximum atomic E-state index is 5.89. The topological polar surface area (TPSA) is 21.3 Å². The molecule has 0 heterocycles. The zero-order chi connectivity index (χ0) is 18.2. The fourth-order valence-electron chi connectivity index (χ4n) is 3.19. The summed E-state index contributed by atoms with van der Waals surface area (Å²) >= 11 is 0. The first-order valence-corrected chi connectivity index (χ1v) is 10.8. The van der Waals surface area contributed by atoms with Crippen molar-refractivity contribution >= 4 is 0 Å². The van der Waals surface area contributed by atoms with E-state index in [1.54, 1.807) is 0 Å². The van der Waals surface area contributed by atoms with Crippen LogP contribution in [0.5, 0.6) is 5.75 Å². The summed E-state index contributed by atoms with van der Waals surface area (Å²) in [4.78, 5) is 0. The van der Waals surface area contributed by atoms with Crippen LogP contribution in [0, 0.1) is 0 Å². The van der Waals surface area contributed by atoms with E-state index in [9.17, 15) is 0 Å². The Morgan fingerprint density at radius 1 is 0.760 bits per heavy atom. The lowest BCUT2D eigenvalue weighted by Gasteiger charge is -2.18. The van der Waals surface area contributed by atoms with Crippen LogP contribution < -0.4 is 10.1 Å². The maximum absolute atomic E-state index is 5.89. The number of ether oxygens (including phenoxy) is 1. The van der Waals surface area contributed by atoms with Gasteiger partial charge in [0, 0.05) is 6.04 Å². The summed E-state index contributed by atoms with van der Waals surface area (Å²) in [6, 6.07) is 9.18. The maximum Gasteiger partial charge on any atom is 0.119 e. The molecule has 25 heavy (non-hydrogen) atoms. The normalized spacial score (nSPS) is 12.3. The molecule has 0 aliphatic rings. The van der Waals surface area contributed by atoms with Crippen molar-refractivity contribution in [3.63, 3.8) is 0 Å². The van der Waals surface area contributed by atoms with Gasteiger partial charge < -0.3 is 10.1 Å². The van der Waals surface area contributed by atoms with E-state index in [2.05, 4.69) is 50.4 Å². The first kappa shape index (κ1) is 22.0. The zero-order valence-electron chi connectivity index (χ0n) is 17.0. The Bertz CT molecular complexity index is 401. The number of rotatable bonds is 16. The monoisotopic (exact) mass is 347 g/mol. The van der Waals surface area contributed by atoms with Crippen molar-refractivity contribution in [1.29, 1.82) is 0 Å². The smallest absolute Gasteiger partial charge is 0.119 e. The third-order valence-electron chi connectivity index (χ3n) is 4.88. The molecule has 0 aliphatic carbocycles. The van der Waals surface area contributed by atoms with Gasteiger partial charge in [0.05, 0.1) is 6.61 Å². The minimum atomic E-state index is 0.467. The molecule has 0 saturated carbocycles. The molecule has 0 aromatic heterocycles. The first-order chi connectivity index (χ1) is 12.3. The molecule has 0 bridgehead atoms. The molecular formula is C23H41NO. The summed E-state index contributed by atoms with van der Waals surface area (Å²) in [6.07, 6.45) is 14.3. The van der Waals surface area contributed by atoms with Gasteiger partial charge in [-0.2, -0.15) is 0 Å². The van der Waals surface area contributed by atoms with Gasteiger partial charge in [-0.15, -0.1) is 0 Å². The second-order valence-corrected chi connectivity index (χ2v) is 7.16. The van der Waals surface area contributed by atoms with Crippen molar-refractivity contribution in [3.8, 4) is 5.75 Å². The predicted molar refractivity (Wildman–Crippen MR) is 110 cm³/mol. The van der Waals surface area contributed by atoms with Gasteiger partial charge in [-0.05, 0) is 43.5 Å². The number of hydrogen-bond donors (Lipinski definition) is 1. The molecule has 2 nitrogen and oxygen atoms in total. The molecule has 0 fully saturated rings. The standard InChI is InChI=1S/C23H41NO/c1-4-7-9-11-12-14-20-25-22-17-15-21(16-18-22)23(6-3)24-19-13-10-8-5-2/h15-18,23-24H,4-14,19-20H2,1-3H3. The number of benzene rings is 1. The highest BCUT2D eigenvalue weighted by molar-refractivity contribution is 5.29. The van der Waals surface area contributed by atoms with Gasteiger partial charge >= 0.3 is 0 Å². The Hall–Kier alpha value is -1.02. The highest BCUT2D eigenvalue weighted by Gasteiger charge is 2.08. The molecule has 0 radical (unpaired) electrons. The third kappa shape index (κ3) is 10.5. The van der Waals surface area contributed by atoms with Crippen LogP contribution in [0.15, 0.2) is 24.3 Å². The van der Waals surface area contributed by atoms with E-state index in [-0.39, 0.29) is 0 Å². The van der Waals surface area contributed by atoms with Crippen LogP contribution in [-0.2, 0) is 0 Å². The third-order valence-corrected chi connectivity index (χ3v) is 4.88. The average molecular weight is 348 g/mol. The van der Waals surface area contributed by atoms with Gasteiger partial charge in [0.25, 0.3) is 0 Å². The molecule has 0 amide bonds. The molecule has 1 rings (SSSR count). The minimum absolute atomic E-state index is 0.467. The first-order valence-electron chi connectivity index (χ1n) is 10.8. The van der Waals surface area contributed by atoms with E-state index in [4.69, 9.17) is 4.74 Å². The average Bonchev–Trinajstić information content (AvgIpc) is 2.65. The lowest BCUT2D eigenvalue weighted by atomic mass is 10.0. The zero-order valence-corrected chi connectivity index (χ0v) is 17.0. The predicted octanol–water partition coefficient (Wildman–Crippen LogP) is 7.05. The Labute approximate surface area is 156 Å². The van der Waals surface area contributed by atoms with Crippen LogP contribution in [0.3, 0.4) is 0 Å². The lowest BCUT2D eigenvalue weighted by molar-refractivity contribution is 0.304. The van der Waals surface area contributed by atoms with Crippen molar-refractivity contribution in [2.75, 3.05) is 13.2 Å². The largest absolute Gasteiger partial charge is 0.494 e. The highest BCUT2D eigenvalue weighted by atomic mass is 16.5. The number of nitrogens with one attached hydrogen (secondary N) is 1. The van der Waals surface area contributed by atoms with Crippen LogP contribution in [0.25, 0.3) is 0 Å². The Balaban J connectivity index is 2.24. The Morgan fingerprint density at radius 3 is 2.00 bits per heavy atom. The second-order valence-electron chi connectivity index (χ2n) is 7.16. The van der Waals surface area contributed by atoms with Crippen LogP contribution in [0.2, 0.25) is 0 Å². The quantitative estimate of drug-likeness (QED) is 0.324. The summed E-state index contributed by atoms with van der Waals surface area (Å²) in [5.41, 5.74) is 1.38. The van der Waals surface area contributed by atoms with E-state index in [1.165, 1.54) is 69.8 Å². The van der Waals surface area contributed by atoms with Gasteiger partial charge in [0.15, 0.2) is 0 Å². The van der Waals surface area contributed by atoms with Gasteiger partial charge in [0.1, 0.15) is 5.75 Å². The Morgan fingerprint density at radius 2 is 1.36 bits per heavy atom. The fourth-order valence-corrected chi connectivity index (χ4v) is 3.19. The molecule has 2 heteroatoms. The summed E-state index contributed by atoms with van der Waals surface area (Å²) in [5.74, 6) is 1.01. The van der Waals surface area contributed by atoms with Crippen molar-refractivity contribution in [2.45, 2.75) is 97.4 Å². The van der Waals surface area contributed by atoms with E-state index in [0.29, 0.717) is 6.04 Å². The molecule has 0 spiro atoms. The summed E-state index contributed by atoms with van der Waals surface area (Å²) in [7, 11) is 0. The molecule has 1 aromatic carbocycles. The molecule has 144 valence electrons. The van der Waals surface area contributed by atoms with E-state index >= 15 is 0 Å². The summed E-state index contributed by atoms with van der Waals surface area (Å²) in [5, 5.41) is 3.70. The van der Waals surface area contributed by atoms with Gasteiger partial charge in [-0.1, -0.05) is 84.3 Å². The number of hydrogen-bond acceptors (Lipinski definition) is 2. The van der Waals surface area contributed by atoms with E-state index in [1.807, 2.05) is 0 Å². The van der Waals surface area contributed by atoms with Crippen molar-refractivity contribution in [1.82, 2.24) is 5.32 Å². The van der Waals surface area contributed by atoms with Gasteiger partial charge in [-0.3, -0.25) is 0 Å². The minimum Gasteiger partial charge on any atom is -0.494 e. The summed E-state index contributed by atoms with van der Waals surface area (Å²) in [6.45, 7) is 8.75. The summed E-state index contributed by atoms with van der Waals surface area (Å²) < 4.78 is 5.89. The van der Waals surface area contributed by atoms with Crippen molar-refractivity contribution in [3.05, 3.63) is 29.8 Å². The molecule has 0 saturated heterocycles. The lowest BCUT2D eigenvalue weighted by Crippen LogP contribution is -2.21. The molecular weight excluding hydrogens is 306 g/mol. The Kier molecular flexibility index (Phi) is 13.4. The van der Waals surface area contributed by atoms with Gasteiger partial charge in [0.2, 0.25) is 0 Å². The van der Waals surface area contributed by atoms with Gasteiger partial charge in [-0.25, -0.2) is 0 Å². The highest BCUT2D eigenvalue weighted by Crippen LogP contribution is 2.20. The SMILES string of the molecule is CCCCCCCCOc1ccc(C(CC)NCCCCCC)cc1. The van der Waals surface area contributed by atoms with Crippen molar-refractivity contribution in [2.24, 2.45) is 0 Å². The van der Waals surface area contributed by atoms with E-state index < -0.39 is 0 Å². The molecule has 1 aromatic rings. The van der Waals surface area contributed by atoms with Crippen LogP contribution in [0.1, 0.15) is 103 Å². The second kappa shape index (κ2) is 15.3. The number of unbranched alkanes of at least 4 members (excludes halogenated alkanes) is 8. The molecule has 0 aliphatic heterocycles. The van der Waals surface area contributed by atoms with Crippen LogP contribution in [-0.4, -0.2) is 13.2 Å². The molecule has 1 unspecified atom stereocenters. The van der Waals surface area contributed by atoms with Crippen molar-refractivity contribution < 1.29 is 4.74 Å². The fraction of sp³-hybridized carbons (Fsp3) is 0.739. The van der Waals surface area contributed by atoms with Crippen LogP contribution in [0.4, 0.5) is 0 Å². The van der Waals surface area contributed by atoms with E-state index in [0.717, 1.165) is 25.3 Å². The molecule has 1 N–H and O–H groups in total. The molecule has 1 atom stereocenters.